The quantitative estimate of drug-likeness (QED) is 0.739. The van der Waals surface area contributed by atoms with Crippen LogP contribution in [0.3, 0.4) is 0 Å². The van der Waals surface area contributed by atoms with Gasteiger partial charge >= 0.3 is 0 Å². The fourth-order valence-corrected chi connectivity index (χ4v) is 2.95. The average molecular weight is 281 g/mol. The first-order chi connectivity index (χ1) is 9.17. The Balaban J connectivity index is 1.74. The van der Waals surface area contributed by atoms with Gasteiger partial charge in [0.2, 0.25) is 5.91 Å². The highest BCUT2D eigenvalue weighted by molar-refractivity contribution is 7.99. The molecule has 0 aliphatic carbocycles. The lowest BCUT2D eigenvalue weighted by Crippen LogP contribution is -2.58. The molecule has 6 heteroatoms. The average Bonchev–Trinajstić information content (AvgIpc) is 2.38. The lowest BCUT2D eigenvalue weighted by atomic mass is 10.2. The largest absolute Gasteiger partial charge is 0.497 e. The highest BCUT2D eigenvalue weighted by Crippen LogP contribution is 2.15. The zero-order chi connectivity index (χ0) is 13.7. The summed E-state index contributed by atoms with van der Waals surface area (Å²) in [4.78, 5) is 11.3. The summed E-state index contributed by atoms with van der Waals surface area (Å²) in [5.74, 6) is 1.79. The van der Waals surface area contributed by atoms with Crippen molar-refractivity contribution in [3.63, 3.8) is 0 Å². The normalized spacial score (nSPS) is 22.9. The Morgan fingerprint density at radius 2 is 2.16 bits per heavy atom. The number of methoxy groups -OCH3 is 1. The molecular weight excluding hydrogens is 262 g/mol. The second-order valence-electron chi connectivity index (χ2n) is 4.39. The molecule has 104 valence electrons. The van der Waals surface area contributed by atoms with Crippen molar-refractivity contribution in [3.8, 4) is 5.75 Å². The summed E-state index contributed by atoms with van der Waals surface area (Å²) in [7, 11) is 1.66. The van der Waals surface area contributed by atoms with E-state index in [0.717, 1.165) is 17.9 Å². The molecule has 5 nitrogen and oxygen atoms in total. The molecule has 0 saturated carbocycles. The maximum absolute atomic E-state index is 11.3. The molecule has 0 spiro atoms. The summed E-state index contributed by atoms with van der Waals surface area (Å²) in [6, 6.07) is 8.02. The molecule has 1 aliphatic rings. The molecule has 0 bridgehead atoms. The van der Waals surface area contributed by atoms with E-state index in [1.165, 1.54) is 5.56 Å². The van der Waals surface area contributed by atoms with Gasteiger partial charge in [0.15, 0.2) is 0 Å². The van der Waals surface area contributed by atoms with Gasteiger partial charge in [-0.1, -0.05) is 12.1 Å². The van der Waals surface area contributed by atoms with Crippen molar-refractivity contribution in [2.24, 2.45) is 5.73 Å². The number of nitrogens with two attached hydrogens (primary N) is 1. The van der Waals surface area contributed by atoms with E-state index >= 15 is 0 Å². The number of thioether (sulfide) groups is 1. The van der Waals surface area contributed by atoms with Crippen LogP contribution in [0.4, 0.5) is 0 Å². The highest BCUT2D eigenvalue weighted by atomic mass is 32.2. The number of rotatable bonds is 5. The number of hydrogen-bond acceptors (Lipinski definition) is 5. The number of aryl methyl sites for hydroxylation is 1. The van der Waals surface area contributed by atoms with Crippen molar-refractivity contribution < 1.29 is 9.53 Å². The molecule has 19 heavy (non-hydrogen) atoms. The monoisotopic (exact) mass is 281 g/mol. The van der Waals surface area contributed by atoms with E-state index < -0.39 is 0 Å². The van der Waals surface area contributed by atoms with E-state index in [1.807, 2.05) is 12.1 Å². The molecule has 2 rings (SSSR count). The Morgan fingerprint density at radius 3 is 2.79 bits per heavy atom. The zero-order valence-corrected chi connectivity index (χ0v) is 11.7. The molecule has 1 fully saturated rings. The van der Waals surface area contributed by atoms with Gasteiger partial charge in [-0.05, 0) is 24.1 Å². The van der Waals surface area contributed by atoms with Gasteiger partial charge in [-0.2, -0.15) is 0 Å². The minimum absolute atomic E-state index is 0.00759. The number of hydrogen-bond donors (Lipinski definition) is 3. The third-order valence-corrected chi connectivity index (χ3v) is 3.92. The Morgan fingerprint density at radius 1 is 1.42 bits per heavy atom. The van der Waals surface area contributed by atoms with E-state index in [9.17, 15) is 4.79 Å². The molecule has 2 atom stereocenters. The van der Waals surface area contributed by atoms with Gasteiger partial charge in [0, 0.05) is 5.75 Å². The zero-order valence-electron chi connectivity index (χ0n) is 10.9. The lowest BCUT2D eigenvalue weighted by Gasteiger charge is -2.28. The number of carbonyl (C=O) groups is 1. The van der Waals surface area contributed by atoms with Gasteiger partial charge in [0.1, 0.15) is 11.2 Å². The van der Waals surface area contributed by atoms with Crippen LogP contribution in [0.1, 0.15) is 12.0 Å². The molecule has 1 aliphatic heterocycles. The number of carbonyl (C=O) groups excluding carboxylic acids is 1. The predicted molar refractivity (Wildman–Crippen MR) is 76.8 cm³/mol. The second kappa shape index (κ2) is 6.79. The Kier molecular flexibility index (Phi) is 5.07. The first kappa shape index (κ1) is 14.2. The maximum atomic E-state index is 11.3. The van der Waals surface area contributed by atoms with Crippen LogP contribution >= 0.6 is 11.8 Å². The molecule has 1 aromatic carbocycles. The van der Waals surface area contributed by atoms with Crippen molar-refractivity contribution in [2.75, 3.05) is 12.9 Å². The van der Waals surface area contributed by atoms with Crippen LogP contribution in [-0.4, -0.2) is 30.4 Å². The Labute approximate surface area is 117 Å². The van der Waals surface area contributed by atoms with Gasteiger partial charge in [0.25, 0.3) is 0 Å². The third-order valence-electron chi connectivity index (χ3n) is 2.90. The van der Waals surface area contributed by atoms with Gasteiger partial charge in [-0.25, -0.2) is 0 Å². The molecule has 1 heterocycles. The van der Waals surface area contributed by atoms with E-state index in [4.69, 9.17) is 10.5 Å². The minimum Gasteiger partial charge on any atom is -0.497 e. The van der Waals surface area contributed by atoms with Crippen molar-refractivity contribution in [2.45, 2.75) is 24.5 Å². The van der Waals surface area contributed by atoms with Gasteiger partial charge < -0.3 is 15.8 Å². The Hall–Kier alpha value is -1.24. The lowest BCUT2D eigenvalue weighted by molar-refractivity contribution is -0.123. The summed E-state index contributed by atoms with van der Waals surface area (Å²) < 4.78 is 5.12. The van der Waals surface area contributed by atoms with Crippen molar-refractivity contribution in [3.05, 3.63) is 29.8 Å². The predicted octanol–water partition coefficient (Wildman–Crippen LogP) is 0.649. The van der Waals surface area contributed by atoms with Gasteiger partial charge in [-0.3, -0.25) is 10.1 Å². The van der Waals surface area contributed by atoms with Gasteiger partial charge in [-0.15, -0.1) is 11.8 Å². The molecule has 2 unspecified atom stereocenters. The van der Waals surface area contributed by atoms with Crippen molar-refractivity contribution >= 4 is 17.7 Å². The van der Waals surface area contributed by atoms with Gasteiger partial charge in [0.05, 0.1) is 19.7 Å². The van der Waals surface area contributed by atoms with Crippen LogP contribution in [0.15, 0.2) is 24.3 Å². The van der Waals surface area contributed by atoms with E-state index in [0.29, 0.717) is 6.42 Å². The minimum atomic E-state index is -0.243. The molecular formula is C13H19N3O2S. The number of nitrogens with one attached hydrogen (secondary N) is 2. The van der Waals surface area contributed by atoms with Crippen LogP contribution in [0.25, 0.3) is 0 Å². The molecule has 0 aromatic heterocycles. The summed E-state index contributed by atoms with van der Waals surface area (Å²) in [5.41, 5.74) is 6.89. The molecule has 4 N–H and O–H groups in total. The first-order valence-electron chi connectivity index (χ1n) is 6.23. The summed E-state index contributed by atoms with van der Waals surface area (Å²) in [6.45, 7) is 0. The summed E-state index contributed by atoms with van der Waals surface area (Å²) in [6.07, 6.45) is 1.04. The van der Waals surface area contributed by atoms with Crippen LogP contribution in [0.5, 0.6) is 5.75 Å². The fourth-order valence-electron chi connectivity index (χ4n) is 1.88. The summed E-state index contributed by atoms with van der Waals surface area (Å²) in [5, 5.41) is 6.00. The fraction of sp³-hybridized carbons (Fsp3) is 0.462. The van der Waals surface area contributed by atoms with E-state index in [1.54, 1.807) is 18.9 Å². The van der Waals surface area contributed by atoms with Crippen LogP contribution < -0.4 is 21.1 Å². The topological polar surface area (TPSA) is 76.4 Å². The van der Waals surface area contributed by atoms with Crippen LogP contribution in [0.2, 0.25) is 0 Å². The molecule has 1 aromatic rings. The smallest absolute Gasteiger partial charge is 0.224 e. The van der Waals surface area contributed by atoms with Crippen LogP contribution in [0, 0.1) is 0 Å². The Bertz CT molecular complexity index is 424. The highest BCUT2D eigenvalue weighted by Gasteiger charge is 2.22. The van der Waals surface area contributed by atoms with E-state index in [2.05, 4.69) is 22.8 Å². The van der Waals surface area contributed by atoms with E-state index in [-0.39, 0.29) is 17.6 Å². The maximum Gasteiger partial charge on any atom is 0.224 e. The summed E-state index contributed by atoms with van der Waals surface area (Å²) >= 11 is 1.66. The second-order valence-corrected chi connectivity index (χ2v) is 5.61. The number of ether oxygens (including phenoxy) is 1. The number of amides is 1. The SMILES string of the molecule is COc1ccc(CCSC2NC(=O)CC(N)N2)cc1. The third kappa shape index (κ3) is 4.41. The first-order valence-corrected chi connectivity index (χ1v) is 7.28. The molecule has 1 amide bonds. The molecule has 1 saturated heterocycles. The standard InChI is InChI=1S/C13H19N3O2S/c1-18-10-4-2-9(3-5-10)6-7-19-13-15-11(14)8-12(17)16-13/h2-5,11,13,15H,6-8,14H2,1H3,(H,16,17). The van der Waals surface area contributed by atoms with Crippen molar-refractivity contribution in [1.29, 1.82) is 0 Å². The number of benzene rings is 1. The van der Waals surface area contributed by atoms with Crippen LogP contribution in [-0.2, 0) is 11.2 Å². The molecule has 0 radical (unpaired) electrons. The van der Waals surface area contributed by atoms with Crippen molar-refractivity contribution in [1.82, 2.24) is 10.6 Å².